The molecular formula is C54H94NO8P. The van der Waals surface area contributed by atoms with Gasteiger partial charge < -0.3 is 27.9 Å². The van der Waals surface area contributed by atoms with Gasteiger partial charge in [-0.15, -0.1) is 0 Å². The number of phosphoric acid groups is 1. The van der Waals surface area contributed by atoms with Crippen molar-refractivity contribution in [3.8, 4) is 0 Å². The third kappa shape index (κ3) is 48.6. The molecule has 64 heavy (non-hydrogen) atoms. The lowest BCUT2D eigenvalue weighted by molar-refractivity contribution is -0.870. The normalized spacial score (nSPS) is 14.2. The van der Waals surface area contributed by atoms with Gasteiger partial charge in [-0.25, -0.2) is 0 Å². The molecule has 0 heterocycles. The Morgan fingerprint density at radius 2 is 0.922 bits per heavy atom. The number of quaternary nitrogens is 1. The van der Waals surface area contributed by atoms with Gasteiger partial charge in [-0.05, 0) is 77.0 Å². The standard InChI is InChI=1S/C54H94NO8P/c1-6-8-10-12-14-16-18-20-21-22-23-24-25-26-27-28-29-30-31-32-33-35-36-38-40-42-44-46-53(56)60-50-52(51-62-64(58,59)61-49-48-55(3,4)5)63-54(57)47-45-43-41-39-37-34-19-17-15-13-11-9-7-2/h9,11,15,17-18,20,22-23,25-26,34,37,41,43,52H,6-8,10,12-14,16,19,21,24,27-33,35-36,38-40,42,44-51H2,1-5H3/b11-9-,17-15-,20-18-,23-22-,26-25-,37-34-,43-41-. The number of likely N-dealkylation sites (N-methyl/N-ethyl adjacent to an activating group) is 1. The molecule has 0 saturated carbocycles. The van der Waals surface area contributed by atoms with Crippen LogP contribution in [0, 0.1) is 0 Å². The van der Waals surface area contributed by atoms with Crippen LogP contribution in [0.1, 0.15) is 194 Å². The molecule has 0 bridgehead atoms. The Morgan fingerprint density at radius 1 is 0.500 bits per heavy atom. The fraction of sp³-hybridized carbons (Fsp3) is 0.704. The van der Waals surface area contributed by atoms with Crippen LogP contribution in [-0.4, -0.2) is 70.0 Å². The lowest BCUT2D eigenvalue weighted by atomic mass is 10.0. The Labute approximate surface area is 392 Å². The second-order valence-electron chi connectivity index (χ2n) is 17.8. The number of hydrogen-bond acceptors (Lipinski definition) is 8. The Morgan fingerprint density at radius 3 is 1.39 bits per heavy atom. The summed E-state index contributed by atoms with van der Waals surface area (Å²) < 4.78 is 33.9. The maximum atomic E-state index is 12.6. The third-order valence-electron chi connectivity index (χ3n) is 10.4. The molecular weight excluding hydrogens is 822 g/mol. The van der Waals surface area contributed by atoms with Gasteiger partial charge in [-0.3, -0.25) is 14.2 Å². The first-order valence-corrected chi connectivity index (χ1v) is 26.8. The number of ether oxygens (including phenoxy) is 2. The Bertz CT molecular complexity index is 1360. The van der Waals surface area contributed by atoms with Crippen molar-refractivity contribution < 1.29 is 42.1 Å². The predicted molar refractivity (Wildman–Crippen MR) is 268 cm³/mol. The highest BCUT2D eigenvalue weighted by Gasteiger charge is 2.21. The Kier molecular flexibility index (Phi) is 43.4. The summed E-state index contributed by atoms with van der Waals surface area (Å²) in [5.74, 6) is -0.935. The smallest absolute Gasteiger partial charge is 0.306 e. The van der Waals surface area contributed by atoms with Crippen LogP contribution in [0.25, 0.3) is 0 Å². The van der Waals surface area contributed by atoms with Gasteiger partial charge in [0.25, 0.3) is 7.82 Å². The topological polar surface area (TPSA) is 111 Å². The number of allylic oxidation sites excluding steroid dienone is 14. The molecule has 10 heteroatoms. The highest BCUT2D eigenvalue weighted by molar-refractivity contribution is 7.45. The SMILES string of the molecule is CC/C=C\C/C=C\C/C=C\C/C=C\CCC(=O)OC(COC(=O)CCCCCCCCCCCCCC/C=C\C/C=C\C/C=C\CCCCCCC)COP(=O)([O-])OCC[N+](C)(C)C. The van der Waals surface area contributed by atoms with Crippen molar-refractivity contribution in [2.24, 2.45) is 0 Å². The van der Waals surface area contributed by atoms with E-state index in [-0.39, 0.29) is 26.1 Å². The number of phosphoric ester groups is 1. The summed E-state index contributed by atoms with van der Waals surface area (Å²) >= 11 is 0. The van der Waals surface area contributed by atoms with Gasteiger partial charge in [0.05, 0.1) is 27.7 Å². The number of hydrogen-bond donors (Lipinski definition) is 0. The van der Waals surface area contributed by atoms with Crippen LogP contribution in [0.4, 0.5) is 0 Å². The lowest BCUT2D eigenvalue weighted by Crippen LogP contribution is -2.37. The molecule has 0 fully saturated rings. The summed E-state index contributed by atoms with van der Waals surface area (Å²) in [6, 6.07) is 0. The first kappa shape index (κ1) is 61.2. The average Bonchev–Trinajstić information content (AvgIpc) is 3.25. The minimum atomic E-state index is -4.65. The van der Waals surface area contributed by atoms with Gasteiger partial charge >= 0.3 is 11.9 Å². The summed E-state index contributed by atoms with van der Waals surface area (Å²) in [6.07, 6.45) is 59.3. The number of rotatable bonds is 45. The summed E-state index contributed by atoms with van der Waals surface area (Å²) in [5, 5.41) is 0. The van der Waals surface area contributed by atoms with Crippen molar-refractivity contribution in [1.29, 1.82) is 0 Å². The van der Waals surface area contributed by atoms with Gasteiger partial charge in [-0.2, -0.15) is 0 Å². The van der Waals surface area contributed by atoms with E-state index in [1.807, 2.05) is 33.3 Å². The summed E-state index contributed by atoms with van der Waals surface area (Å²) in [6.45, 7) is 4.00. The van der Waals surface area contributed by atoms with E-state index in [0.29, 0.717) is 23.9 Å². The van der Waals surface area contributed by atoms with Crippen LogP contribution in [0.15, 0.2) is 85.1 Å². The van der Waals surface area contributed by atoms with Gasteiger partial charge in [0.1, 0.15) is 19.8 Å². The van der Waals surface area contributed by atoms with Crippen LogP contribution in [0.5, 0.6) is 0 Å². The maximum Gasteiger partial charge on any atom is 0.306 e. The molecule has 0 rings (SSSR count). The summed E-state index contributed by atoms with van der Waals surface area (Å²) in [5.41, 5.74) is 0. The minimum absolute atomic E-state index is 0.0475. The van der Waals surface area contributed by atoms with Crippen LogP contribution in [0.2, 0.25) is 0 Å². The molecule has 0 radical (unpaired) electrons. The van der Waals surface area contributed by atoms with Crippen LogP contribution >= 0.6 is 7.82 Å². The second kappa shape index (κ2) is 45.4. The summed E-state index contributed by atoms with van der Waals surface area (Å²) in [4.78, 5) is 37.6. The molecule has 0 aromatic heterocycles. The molecule has 0 amide bonds. The predicted octanol–water partition coefficient (Wildman–Crippen LogP) is 14.5. The average molecular weight is 916 g/mol. The van der Waals surface area contributed by atoms with Crippen molar-refractivity contribution in [2.45, 2.75) is 200 Å². The lowest BCUT2D eigenvalue weighted by Gasteiger charge is -2.28. The van der Waals surface area contributed by atoms with Crippen molar-refractivity contribution in [3.05, 3.63) is 85.1 Å². The molecule has 0 aromatic rings. The third-order valence-corrected chi connectivity index (χ3v) is 11.4. The van der Waals surface area contributed by atoms with Gasteiger partial charge in [0.2, 0.25) is 0 Å². The van der Waals surface area contributed by atoms with Crippen molar-refractivity contribution in [3.63, 3.8) is 0 Å². The van der Waals surface area contributed by atoms with E-state index in [4.69, 9.17) is 18.5 Å². The van der Waals surface area contributed by atoms with Gasteiger partial charge in [-0.1, -0.05) is 189 Å². The molecule has 0 aliphatic carbocycles. The molecule has 0 saturated heterocycles. The van der Waals surface area contributed by atoms with Crippen LogP contribution in [0.3, 0.4) is 0 Å². The minimum Gasteiger partial charge on any atom is -0.756 e. The fourth-order valence-electron chi connectivity index (χ4n) is 6.50. The number of carbonyl (C=O) groups excluding carboxylic acids is 2. The molecule has 2 atom stereocenters. The zero-order valence-corrected chi connectivity index (χ0v) is 42.3. The molecule has 368 valence electrons. The molecule has 0 aliphatic rings. The fourth-order valence-corrected chi connectivity index (χ4v) is 7.23. The van der Waals surface area contributed by atoms with Crippen LogP contribution in [-0.2, 0) is 32.7 Å². The highest BCUT2D eigenvalue weighted by Crippen LogP contribution is 2.38. The largest absolute Gasteiger partial charge is 0.756 e. The molecule has 0 aliphatic heterocycles. The van der Waals surface area contributed by atoms with Crippen molar-refractivity contribution in [1.82, 2.24) is 0 Å². The molecule has 9 nitrogen and oxygen atoms in total. The van der Waals surface area contributed by atoms with E-state index in [0.717, 1.165) is 57.8 Å². The molecule has 0 spiro atoms. The maximum absolute atomic E-state index is 12.6. The number of esters is 2. The van der Waals surface area contributed by atoms with Gasteiger partial charge in [0, 0.05) is 12.8 Å². The van der Waals surface area contributed by atoms with E-state index in [2.05, 4.69) is 86.8 Å². The van der Waals surface area contributed by atoms with Crippen molar-refractivity contribution in [2.75, 3.05) is 47.5 Å². The van der Waals surface area contributed by atoms with Crippen molar-refractivity contribution >= 4 is 19.8 Å². The molecule has 2 unspecified atom stereocenters. The molecule has 0 N–H and O–H groups in total. The quantitative estimate of drug-likeness (QED) is 0.0195. The first-order valence-electron chi connectivity index (χ1n) is 25.3. The zero-order chi connectivity index (χ0) is 47.1. The highest BCUT2D eigenvalue weighted by atomic mass is 31.2. The van der Waals surface area contributed by atoms with E-state index in [9.17, 15) is 19.0 Å². The Balaban J connectivity index is 4.21. The molecule has 0 aromatic carbocycles. The second-order valence-corrected chi connectivity index (χ2v) is 19.2. The van der Waals surface area contributed by atoms with Gasteiger partial charge in [0.15, 0.2) is 6.10 Å². The Hall–Kier alpha value is -2.81. The number of unbranched alkanes of at least 4 members (excludes halogenated alkanes) is 17. The zero-order valence-electron chi connectivity index (χ0n) is 41.4. The number of nitrogens with zero attached hydrogens (tertiary/aromatic N) is 1. The van der Waals surface area contributed by atoms with E-state index in [1.54, 1.807) is 0 Å². The number of carbonyl (C=O) groups is 2. The van der Waals surface area contributed by atoms with E-state index < -0.39 is 32.5 Å². The van der Waals surface area contributed by atoms with E-state index in [1.165, 1.54) is 96.3 Å². The van der Waals surface area contributed by atoms with E-state index >= 15 is 0 Å². The summed E-state index contributed by atoms with van der Waals surface area (Å²) in [7, 11) is 1.11. The first-order chi connectivity index (χ1) is 31.0. The van der Waals surface area contributed by atoms with Crippen LogP contribution < -0.4 is 4.89 Å². The monoisotopic (exact) mass is 916 g/mol.